The zero-order chi connectivity index (χ0) is 19.1. The summed E-state index contributed by atoms with van der Waals surface area (Å²) in [7, 11) is 0. The van der Waals surface area contributed by atoms with Crippen LogP contribution in [0.3, 0.4) is 0 Å². The first-order valence-electron chi connectivity index (χ1n) is 9.93. The fourth-order valence-corrected chi connectivity index (χ4v) is 3.98. The van der Waals surface area contributed by atoms with E-state index in [1.165, 1.54) is 18.4 Å². The average molecular weight is 407 g/mol. The van der Waals surface area contributed by atoms with E-state index in [-0.39, 0.29) is 6.29 Å². The van der Waals surface area contributed by atoms with Crippen LogP contribution in [0.15, 0.2) is 42.5 Å². The Balaban J connectivity index is 1.43. The molecule has 2 nitrogen and oxygen atoms in total. The number of aryl methyl sites for hydroxylation is 1. The predicted octanol–water partition coefficient (Wildman–Crippen LogP) is 7.16. The van der Waals surface area contributed by atoms with E-state index in [1.807, 2.05) is 24.3 Å². The van der Waals surface area contributed by atoms with Crippen LogP contribution < -0.4 is 0 Å². The van der Waals surface area contributed by atoms with Crippen molar-refractivity contribution in [3.05, 3.63) is 58.1 Å². The molecule has 0 radical (unpaired) electrons. The number of hydrogen-bond acceptors (Lipinski definition) is 2. The molecule has 27 heavy (non-hydrogen) atoms. The molecule has 0 N–H and O–H groups in total. The summed E-state index contributed by atoms with van der Waals surface area (Å²) in [6, 6.07) is 14.1. The maximum Gasteiger partial charge on any atom is 0.157 e. The molecule has 0 atom stereocenters. The second-order valence-electron chi connectivity index (χ2n) is 7.32. The zero-order valence-corrected chi connectivity index (χ0v) is 17.4. The van der Waals surface area contributed by atoms with Gasteiger partial charge in [-0.15, -0.1) is 0 Å². The van der Waals surface area contributed by atoms with Gasteiger partial charge in [0.1, 0.15) is 0 Å². The van der Waals surface area contributed by atoms with Gasteiger partial charge in [0.15, 0.2) is 6.29 Å². The van der Waals surface area contributed by atoms with Gasteiger partial charge in [0, 0.05) is 21.5 Å². The second-order valence-corrected chi connectivity index (χ2v) is 8.16. The second kappa shape index (κ2) is 10.5. The minimum Gasteiger partial charge on any atom is -0.352 e. The van der Waals surface area contributed by atoms with Gasteiger partial charge in [-0.25, -0.2) is 0 Å². The molecule has 0 saturated carbocycles. The molecule has 0 aliphatic carbocycles. The van der Waals surface area contributed by atoms with Crippen LogP contribution in [-0.4, -0.2) is 19.5 Å². The molecule has 1 saturated heterocycles. The van der Waals surface area contributed by atoms with Crippen LogP contribution in [0, 0.1) is 5.92 Å². The van der Waals surface area contributed by atoms with Crippen LogP contribution in [0.25, 0.3) is 11.1 Å². The lowest BCUT2D eigenvalue weighted by atomic mass is 10.0. The summed E-state index contributed by atoms with van der Waals surface area (Å²) in [5.74, 6) is 0.576. The average Bonchev–Trinajstić information content (AvgIpc) is 2.68. The molecule has 2 aromatic rings. The Morgan fingerprint density at radius 1 is 0.926 bits per heavy atom. The van der Waals surface area contributed by atoms with Crippen molar-refractivity contribution in [1.29, 1.82) is 0 Å². The highest BCUT2D eigenvalue weighted by Gasteiger charge is 2.21. The number of ether oxygens (including phenoxy) is 2. The van der Waals surface area contributed by atoms with E-state index < -0.39 is 0 Å². The van der Waals surface area contributed by atoms with E-state index in [2.05, 4.69) is 25.1 Å². The molecule has 4 heteroatoms. The lowest BCUT2D eigenvalue weighted by molar-refractivity contribution is -0.204. The molecule has 0 amide bonds. The van der Waals surface area contributed by atoms with Gasteiger partial charge < -0.3 is 9.47 Å². The van der Waals surface area contributed by atoms with Gasteiger partial charge >= 0.3 is 0 Å². The zero-order valence-electron chi connectivity index (χ0n) is 15.9. The van der Waals surface area contributed by atoms with E-state index in [9.17, 15) is 0 Å². The molecule has 3 rings (SSSR count). The first-order chi connectivity index (χ1) is 13.2. The van der Waals surface area contributed by atoms with Crippen molar-refractivity contribution in [2.45, 2.75) is 51.7 Å². The Bertz CT molecular complexity index is 707. The first-order valence-corrected chi connectivity index (χ1v) is 10.7. The summed E-state index contributed by atoms with van der Waals surface area (Å²) in [4.78, 5) is 0. The third-order valence-corrected chi connectivity index (χ3v) is 5.64. The van der Waals surface area contributed by atoms with Gasteiger partial charge in [-0.2, -0.15) is 0 Å². The normalized spacial score (nSPS) is 20.0. The van der Waals surface area contributed by atoms with E-state index in [1.54, 1.807) is 0 Å². The van der Waals surface area contributed by atoms with Crippen molar-refractivity contribution < 1.29 is 9.47 Å². The molecule has 2 aromatic carbocycles. The van der Waals surface area contributed by atoms with Crippen LogP contribution in [0.2, 0.25) is 10.0 Å². The number of benzene rings is 2. The molecule has 1 heterocycles. The Labute approximate surface area is 172 Å². The summed E-state index contributed by atoms with van der Waals surface area (Å²) in [6.45, 7) is 3.90. The van der Waals surface area contributed by atoms with E-state index in [0.717, 1.165) is 60.1 Å². The third-order valence-electron chi connectivity index (χ3n) is 5.08. The van der Waals surface area contributed by atoms with Crippen molar-refractivity contribution in [2.24, 2.45) is 5.92 Å². The van der Waals surface area contributed by atoms with Crippen molar-refractivity contribution in [2.75, 3.05) is 13.2 Å². The molecule has 146 valence electrons. The van der Waals surface area contributed by atoms with E-state index in [0.29, 0.717) is 5.92 Å². The molecule has 0 bridgehead atoms. The Hall–Kier alpha value is -1.06. The predicted molar refractivity (Wildman–Crippen MR) is 114 cm³/mol. The van der Waals surface area contributed by atoms with Gasteiger partial charge in [0.05, 0.1) is 13.2 Å². The van der Waals surface area contributed by atoms with Crippen LogP contribution in [0.1, 0.15) is 44.6 Å². The van der Waals surface area contributed by atoms with Gasteiger partial charge in [0.2, 0.25) is 0 Å². The van der Waals surface area contributed by atoms with Crippen LogP contribution in [0.4, 0.5) is 0 Å². The topological polar surface area (TPSA) is 18.5 Å². The summed E-state index contributed by atoms with van der Waals surface area (Å²) in [5, 5.41) is 1.52. The molecule has 0 aromatic heterocycles. The molecule has 1 fully saturated rings. The van der Waals surface area contributed by atoms with Crippen LogP contribution >= 0.6 is 23.2 Å². The maximum absolute atomic E-state index is 6.50. The van der Waals surface area contributed by atoms with Crippen molar-refractivity contribution in [3.63, 3.8) is 0 Å². The van der Waals surface area contributed by atoms with Gasteiger partial charge in [0.25, 0.3) is 0 Å². The third kappa shape index (κ3) is 6.22. The van der Waals surface area contributed by atoms with E-state index in [4.69, 9.17) is 32.7 Å². The van der Waals surface area contributed by atoms with Crippen LogP contribution in [-0.2, 0) is 15.9 Å². The Morgan fingerprint density at radius 3 is 2.33 bits per heavy atom. The fraction of sp³-hybridized carbons (Fsp3) is 0.478. The van der Waals surface area contributed by atoms with E-state index >= 15 is 0 Å². The monoisotopic (exact) mass is 406 g/mol. The number of unbranched alkanes of at least 4 members (excludes halogenated alkanes) is 1. The SMILES string of the molecule is CCCC1COC(CCCCc2ccc(-c3ccc(Cl)cc3)c(Cl)c2)OC1. The highest BCUT2D eigenvalue weighted by molar-refractivity contribution is 6.33. The lowest BCUT2D eigenvalue weighted by Gasteiger charge is -2.29. The van der Waals surface area contributed by atoms with Gasteiger partial charge in [-0.05, 0) is 61.4 Å². The number of hydrogen-bond donors (Lipinski definition) is 0. The molecular formula is C23H28Cl2O2. The number of halogens is 2. The molecule has 0 spiro atoms. The van der Waals surface area contributed by atoms with Crippen molar-refractivity contribution in [1.82, 2.24) is 0 Å². The molecule has 1 aliphatic heterocycles. The largest absolute Gasteiger partial charge is 0.352 e. The summed E-state index contributed by atoms with van der Waals surface area (Å²) < 4.78 is 11.7. The van der Waals surface area contributed by atoms with Crippen molar-refractivity contribution in [3.8, 4) is 11.1 Å². The first kappa shape index (κ1) is 20.7. The smallest absolute Gasteiger partial charge is 0.157 e. The molecule has 1 aliphatic rings. The molecule has 0 unspecified atom stereocenters. The Morgan fingerprint density at radius 2 is 1.67 bits per heavy atom. The highest BCUT2D eigenvalue weighted by Crippen LogP contribution is 2.30. The minimum absolute atomic E-state index is 0.0195. The highest BCUT2D eigenvalue weighted by atomic mass is 35.5. The van der Waals surface area contributed by atoms with Crippen LogP contribution in [0.5, 0.6) is 0 Å². The number of rotatable bonds is 8. The summed E-state index contributed by atoms with van der Waals surface area (Å²) in [5.41, 5.74) is 3.40. The van der Waals surface area contributed by atoms with Gasteiger partial charge in [-0.3, -0.25) is 0 Å². The van der Waals surface area contributed by atoms with Crippen molar-refractivity contribution >= 4 is 23.2 Å². The fourth-order valence-electron chi connectivity index (χ4n) is 3.54. The minimum atomic E-state index is -0.0195. The standard InChI is InChI=1S/C23H28Cl2O2/c1-2-5-18-15-26-23(27-16-18)7-4-3-6-17-8-13-21(22(25)14-17)19-9-11-20(24)12-10-19/h8-14,18,23H,2-7,15-16H2,1H3. The Kier molecular flexibility index (Phi) is 8.02. The lowest BCUT2D eigenvalue weighted by Crippen LogP contribution is -2.31. The summed E-state index contributed by atoms with van der Waals surface area (Å²) in [6.07, 6.45) is 6.56. The quantitative estimate of drug-likeness (QED) is 0.432. The molecular weight excluding hydrogens is 379 g/mol. The van der Waals surface area contributed by atoms with Gasteiger partial charge in [-0.1, -0.05) is 60.8 Å². The summed E-state index contributed by atoms with van der Waals surface area (Å²) >= 11 is 12.5. The maximum atomic E-state index is 6.50.